The molecule has 0 radical (unpaired) electrons. The van der Waals surface area contributed by atoms with Gasteiger partial charge in [-0.2, -0.15) is 0 Å². The Labute approximate surface area is 179 Å². The van der Waals surface area contributed by atoms with Crippen LogP contribution in [0.15, 0.2) is 54.6 Å². The molecule has 2 heterocycles. The molecule has 1 N–H and O–H groups in total. The van der Waals surface area contributed by atoms with Gasteiger partial charge >= 0.3 is 0 Å². The molecule has 4 nitrogen and oxygen atoms in total. The molecule has 2 aromatic rings. The number of anilines is 1. The lowest BCUT2D eigenvalue weighted by molar-refractivity contribution is -0.915. The molecule has 2 aliphatic rings. The first-order chi connectivity index (χ1) is 14.6. The van der Waals surface area contributed by atoms with Gasteiger partial charge in [0.2, 0.25) is 0 Å². The maximum absolute atomic E-state index is 13.2. The maximum Gasteiger partial charge on any atom is 0.280 e. The predicted octanol–water partition coefficient (Wildman–Crippen LogP) is 2.40. The molecule has 0 aliphatic carbocycles. The maximum atomic E-state index is 13.2. The van der Waals surface area contributed by atoms with Crippen molar-refractivity contribution in [2.75, 3.05) is 44.2 Å². The summed E-state index contributed by atoms with van der Waals surface area (Å²) in [6, 6.07) is 17.4. The summed E-state index contributed by atoms with van der Waals surface area (Å²) in [5.74, 6) is 0.784. The van der Waals surface area contributed by atoms with Crippen molar-refractivity contribution in [2.24, 2.45) is 5.92 Å². The monoisotopic (exact) mass is 410 g/mol. The minimum absolute atomic E-state index is 0.00559. The van der Waals surface area contributed by atoms with Crippen molar-refractivity contribution in [3.63, 3.8) is 0 Å². The van der Waals surface area contributed by atoms with Gasteiger partial charge in [-0.25, -0.2) is 4.39 Å². The summed E-state index contributed by atoms with van der Waals surface area (Å²) >= 11 is 0. The van der Waals surface area contributed by atoms with E-state index in [1.807, 2.05) is 12.1 Å². The number of amides is 1. The predicted molar refractivity (Wildman–Crippen MR) is 118 cm³/mol. The minimum Gasteiger partial charge on any atom is -0.360 e. The van der Waals surface area contributed by atoms with E-state index < -0.39 is 0 Å². The highest BCUT2D eigenvalue weighted by atomic mass is 19.1. The number of nitrogens with zero attached hydrogens (tertiary/aromatic N) is 2. The van der Waals surface area contributed by atoms with Crippen molar-refractivity contribution in [3.8, 4) is 0 Å². The number of likely N-dealkylation sites (tertiary alicyclic amines) is 1. The number of rotatable bonds is 5. The summed E-state index contributed by atoms with van der Waals surface area (Å²) in [6.07, 6.45) is 3.32. The molecule has 30 heavy (non-hydrogen) atoms. The first kappa shape index (κ1) is 20.9. The van der Waals surface area contributed by atoms with Crippen LogP contribution < -0.4 is 9.80 Å². The molecule has 160 valence electrons. The van der Waals surface area contributed by atoms with Gasteiger partial charge in [-0.15, -0.1) is 0 Å². The van der Waals surface area contributed by atoms with Gasteiger partial charge in [0.25, 0.3) is 5.91 Å². The molecular formula is C25H33FN3O+. The Hall–Kier alpha value is -2.40. The van der Waals surface area contributed by atoms with Crippen molar-refractivity contribution in [1.82, 2.24) is 4.90 Å². The van der Waals surface area contributed by atoms with E-state index in [4.69, 9.17) is 0 Å². The largest absolute Gasteiger partial charge is 0.360 e. The normalized spacial score (nSPS) is 19.7. The number of benzene rings is 2. The van der Waals surface area contributed by atoms with Gasteiger partial charge in [-0.1, -0.05) is 30.3 Å². The number of hydrogen-bond donors (Lipinski definition) is 1. The van der Waals surface area contributed by atoms with Crippen LogP contribution in [0.4, 0.5) is 10.1 Å². The lowest BCUT2D eigenvalue weighted by Crippen LogP contribution is -3.19. The van der Waals surface area contributed by atoms with E-state index in [-0.39, 0.29) is 11.9 Å². The van der Waals surface area contributed by atoms with E-state index in [9.17, 15) is 9.18 Å². The molecule has 0 spiro atoms. The zero-order valence-electron chi connectivity index (χ0n) is 17.9. The van der Waals surface area contributed by atoms with Crippen LogP contribution in [0.25, 0.3) is 0 Å². The summed E-state index contributed by atoms with van der Waals surface area (Å²) in [7, 11) is 0. The molecule has 0 saturated carbocycles. The van der Waals surface area contributed by atoms with E-state index in [1.165, 1.54) is 22.6 Å². The molecule has 4 rings (SSSR count). The quantitative estimate of drug-likeness (QED) is 0.820. The van der Waals surface area contributed by atoms with Gasteiger partial charge in [-0.05, 0) is 61.9 Å². The molecule has 2 aliphatic heterocycles. The number of nitrogens with one attached hydrogen (secondary N) is 1. The second kappa shape index (κ2) is 9.61. The number of carbonyl (C=O) groups excluding carboxylic acids is 1. The fourth-order valence-electron chi connectivity index (χ4n) is 4.89. The Balaban J connectivity index is 1.24. The first-order valence-corrected chi connectivity index (χ1v) is 11.3. The Morgan fingerprint density at radius 1 is 1.00 bits per heavy atom. The summed E-state index contributed by atoms with van der Waals surface area (Å²) in [5, 5.41) is 0. The number of piperazine rings is 1. The first-order valence-electron chi connectivity index (χ1n) is 11.3. The smallest absolute Gasteiger partial charge is 0.280 e. The van der Waals surface area contributed by atoms with Crippen LogP contribution in [0.1, 0.15) is 25.3 Å². The average molecular weight is 411 g/mol. The highest BCUT2D eigenvalue weighted by molar-refractivity contribution is 5.80. The topological polar surface area (TPSA) is 28.0 Å². The summed E-state index contributed by atoms with van der Waals surface area (Å²) < 4.78 is 13.2. The van der Waals surface area contributed by atoms with Crippen molar-refractivity contribution in [3.05, 3.63) is 66.0 Å². The third kappa shape index (κ3) is 5.01. The van der Waals surface area contributed by atoms with Gasteiger partial charge in [0, 0.05) is 18.8 Å². The second-order valence-electron chi connectivity index (χ2n) is 8.80. The van der Waals surface area contributed by atoms with Crippen LogP contribution in [0.2, 0.25) is 0 Å². The zero-order chi connectivity index (χ0) is 20.9. The van der Waals surface area contributed by atoms with Crippen LogP contribution in [-0.2, 0) is 11.2 Å². The summed E-state index contributed by atoms with van der Waals surface area (Å²) in [4.78, 5) is 18.8. The molecule has 1 atom stereocenters. The van der Waals surface area contributed by atoms with Crippen molar-refractivity contribution < 1.29 is 14.1 Å². The lowest BCUT2D eigenvalue weighted by Gasteiger charge is -2.39. The molecule has 5 heteroatoms. The Morgan fingerprint density at radius 2 is 1.63 bits per heavy atom. The third-order valence-electron chi connectivity index (χ3n) is 6.87. The number of piperidine rings is 1. The van der Waals surface area contributed by atoms with Crippen LogP contribution in [0.3, 0.4) is 0 Å². The fourth-order valence-corrected chi connectivity index (χ4v) is 4.89. The van der Waals surface area contributed by atoms with Crippen molar-refractivity contribution in [1.29, 1.82) is 0 Å². The molecule has 0 unspecified atom stereocenters. The van der Waals surface area contributed by atoms with E-state index in [2.05, 4.69) is 47.1 Å². The molecule has 2 aromatic carbocycles. The van der Waals surface area contributed by atoms with E-state index >= 15 is 0 Å². The van der Waals surface area contributed by atoms with Crippen LogP contribution in [0.5, 0.6) is 0 Å². The highest BCUT2D eigenvalue weighted by Crippen LogP contribution is 2.22. The molecule has 1 amide bonds. The van der Waals surface area contributed by atoms with Crippen molar-refractivity contribution >= 4 is 11.6 Å². The summed E-state index contributed by atoms with van der Waals surface area (Å²) in [5.41, 5.74) is 2.47. The van der Waals surface area contributed by atoms with Gasteiger partial charge in [0.1, 0.15) is 5.82 Å². The fraction of sp³-hybridized carbons (Fsp3) is 0.480. The van der Waals surface area contributed by atoms with E-state index in [1.54, 1.807) is 0 Å². The number of hydrogen-bond acceptors (Lipinski definition) is 2. The molecule has 2 fully saturated rings. The number of halogens is 1. The lowest BCUT2D eigenvalue weighted by atomic mass is 9.90. The SMILES string of the molecule is C[C@H](C(=O)N1CCC(Cc2ccccc2)CC1)[NH+]1CCN(c2ccc(F)cc2)CC1. The van der Waals surface area contributed by atoms with Gasteiger partial charge in [-0.3, -0.25) is 4.79 Å². The molecule has 2 saturated heterocycles. The number of carbonyl (C=O) groups is 1. The Morgan fingerprint density at radius 3 is 2.27 bits per heavy atom. The van der Waals surface area contributed by atoms with Crippen LogP contribution in [0, 0.1) is 11.7 Å². The van der Waals surface area contributed by atoms with Crippen molar-refractivity contribution in [2.45, 2.75) is 32.2 Å². The van der Waals surface area contributed by atoms with Crippen LogP contribution in [-0.4, -0.2) is 56.1 Å². The Bertz CT molecular complexity index is 810. The molecule has 0 aromatic heterocycles. The zero-order valence-corrected chi connectivity index (χ0v) is 17.9. The highest BCUT2D eigenvalue weighted by Gasteiger charge is 2.33. The van der Waals surface area contributed by atoms with E-state index in [0.717, 1.165) is 64.2 Å². The van der Waals surface area contributed by atoms with E-state index in [0.29, 0.717) is 11.8 Å². The van der Waals surface area contributed by atoms with Gasteiger partial charge < -0.3 is 14.7 Å². The van der Waals surface area contributed by atoms with Gasteiger partial charge in [0.05, 0.1) is 26.2 Å². The summed E-state index contributed by atoms with van der Waals surface area (Å²) in [6.45, 7) is 7.53. The number of quaternary nitrogens is 1. The second-order valence-corrected chi connectivity index (χ2v) is 8.80. The van der Waals surface area contributed by atoms with Gasteiger partial charge in [0.15, 0.2) is 6.04 Å². The molecule has 0 bridgehead atoms. The average Bonchev–Trinajstić information content (AvgIpc) is 2.80. The third-order valence-corrected chi connectivity index (χ3v) is 6.87. The van der Waals surface area contributed by atoms with Crippen LogP contribution >= 0.6 is 0 Å². The standard InChI is InChI=1S/C25H32FN3O/c1-20(27-15-17-28(18-16-27)24-9-7-23(26)8-10-24)25(30)29-13-11-22(12-14-29)19-21-5-3-2-4-6-21/h2-10,20,22H,11-19H2,1H3/p+1/t20-/m1/s1. The Kier molecular flexibility index (Phi) is 6.68. The molecular weight excluding hydrogens is 377 g/mol. The minimum atomic E-state index is -0.199.